The highest BCUT2D eigenvalue weighted by Crippen LogP contribution is 2.27. The molecule has 1 aliphatic heterocycles. The lowest BCUT2D eigenvalue weighted by atomic mass is 10.2. The fourth-order valence-electron chi connectivity index (χ4n) is 1.75. The zero-order valence-corrected chi connectivity index (χ0v) is 13.2. The van der Waals surface area contributed by atoms with Crippen molar-refractivity contribution in [2.45, 2.75) is 18.6 Å². The van der Waals surface area contributed by atoms with Gasteiger partial charge in [-0.2, -0.15) is 9.98 Å². The number of hydrogen-bond donors (Lipinski definition) is 3. The normalized spacial score (nSPS) is 17.1. The summed E-state index contributed by atoms with van der Waals surface area (Å²) in [6.45, 7) is 1.90. The molecule has 116 valence electrons. The molecule has 0 saturated carbocycles. The molecule has 1 unspecified atom stereocenters. The number of carbonyl (C=O) groups excluding carboxylic acids is 2. The summed E-state index contributed by atoms with van der Waals surface area (Å²) in [6, 6.07) is 5.28. The number of benzene rings is 1. The number of aliphatic imine (C=N–C) groups is 2. The third-order valence-corrected chi connectivity index (χ3v) is 4.08. The van der Waals surface area contributed by atoms with Crippen molar-refractivity contribution in [3.05, 3.63) is 28.8 Å². The van der Waals surface area contributed by atoms with Crippen LogP contribution in [-0.2, 0) is 9.59 Å². The lowest BCUT2D eigenvalue weighted by molar-refractivity contribution is -0.121. The number of nitrogens with zero attached hydrogens (tertiary/aromatic N) is 2. The number of hydrogen-bond acceptors (Lipinski definition) is 4. The third-order valence-electron chi connectivity index (χ3n) is 2.72. The summed E-state index contributed by atoms with van der Waals surface area (Å²) >= 11 is 7.10. The number of anilines is 1. The van der Waals surface area contributed by atoms with Crippen LogP contribution in [0.25, 0.3) is 0 Å². The van der Waals surface area contributed by atoms with E-state index in [2.05, 4.69) is 15.3 Å². The fourth-order valence-corrected chi connectivity index (χ4v) is 2.98. The molecule has 1 atom stereocenters. The summed E-state index contributed by atoms with van der Waals surface area (Å²) in [5, 5.41) is 2.64. The summed E-state index contributed by atoms with van der Waals surface area (Å²) in [6.07, 6.45) is -0.0410. The van der Waals surface area contributed by atoms with Gasteiger partial charge in [-0.3, -0.25) is 9.59 Å². The van der Waals surface area contributed by atoms with Crippen LogP contribution in [0.3, 0.4) is 0 Å². The van der Waals surface area contributed by atoms with E-state index >= 15 is 0 Å². The molecule has 0 bridgehead atoms. The molecule has 5 N–H and O–H groups in total. The molecule has 0 aromatic heterocycles. The molecule has 1 heterocycles. The van der Waals surface area contributed by atoms with Crippen LogP contribution in [0.2, 0.25) is 5.02 Å². The Hall–Kier alpha value is -2.06. The second-order valence-corrected chi connectivity index (χ2v) is 6.19. The van der Waals surface area contributed by atoms with Crippen LogP contribution in [0, 0.1) is 6.92 Å². The van der Waals surface area contributed by atoms with Crippen LogP contribution in [0.1, 0.15) is 12.0 Å². The number of carbonyl (C=O) groups is 2. The Balaban J connectivity index is 1.96. The topological polar surface area (TPSA) is 123 Å². The molecule has 0 saturated heterocycles. The van der Waals surface area contributed by atoms with Crippen molar-refractivity contribution in [3.63, 3.8) is 0 Å². The molecule has 1 aliphatic rings. The largest absolute Gasteiger partial charge is 0.370 e. The lowest BCUT2D eigenvalue weighted by Crippen LogP contribution is -2.23. The average Bonchev–Trinajstić information content (AvgIpc) is 2.72. The van der Waals surface area contributed by atoms with E-state index in [1.54, 1.807) is 12.1 Å². The molecular weight excluding hydrogens is 326 g/mol. The van der Waals surface area contributed by atoms with E-state index in [0.717, 1.165) is 17.3 Å². The van der Waals surface area contributed by atoms with Gasteiger partial charge in [0.2, 0.25) is 5.91 Å². The Morgan fingerprint density at radius 1 is 1.50 bits per heavy atom. The molecule has 9 heteroatoms. The standard InChI is InChI=1S/C13H14ClN5O2S/c1-6-2-3-8(7(14)4-6)17-10(20)5-9-11(21)18-13(22-9)19-12(15)16/h2-4,9H,5H2,1H3,(H,17,20)(H4,15,16,18,19,21). The van der Waals surface area contributed by atoms with Gasteiger partial charge in [0.05, 0.1) is 10.7 Å². The van der Waals surface area contributed by atoms with Gasteiger partial charge in [0.1, 0.15) is 5.25 Å². The Kier molecular flexibility index (Phi) is 5.04. The van der Waals surface area contributed by atoms with Gasteiger partial charge >= 0.3 is 0 Å². The minimum absolute atomic E-state index is 0.0410. The first kappa shape index (κ1) is 16.3. The van der Waals surface area contributed by atoms with E-state index < -0.39 is 11.2 Å². The Morgan fingerprint density at radius 3 is 2.86 bits per heavy atom. The monoisotopic (exact) mass is 339 g/mol. The van der Waals surface area contributed by atoms with Gasteiger partial charge in [0.15, 0.2) is 11.1 Å². The highest BCUT2D eigenvalue weighted by Gasteiger charge is 2.30. The number of rotatable bonds is 3. The van der Waals surface area contributed by atoms with Crippen molar-refractivity contribution < 1.29 is 9.59 Å². The van der Waals surface area contributed by atoms with Crippen LogP contribution in [-0.4, -0.2) is 28.2 Å². The van der Waals surface area contributed by atoms with E-state index in [4.69, 9.17) is 23.1 Å². The van der Waals surface area contributed by atoms with Gasteiger partial charge in [-0.05, 0) is 24.6 Å². The van der Waals surface area contributed by atoms with Gasteiger partial charge in [0, 0.05) is 6.42 Å². The summed E-state index contributed by atoms with van der Waals surface area (Å²) in [5.41, 5.74) is 11.9. The van der Waals surface area contributed by atoms with E-state index in [-0.39, 0.29) is 23.5 Å². The SMILES string of the molecule is Cc1ccc(NC(=O)CC2SC(N=C(N)N)=NC2=O)c(Cl)c1. The van der Waals surface area contributed by atoms with Crippen molar-refractivity contribution in [2.75, 3.05) is 5.32 Å². The molecule has 0 radical (unpaired) electrons. The maximum atomic E-state index is 12.0. The number of aryl methyl sites for hydroxylation is 1. The Morgan fingerprint density at radius 2 is 2.23 bits per heavy atom. The summed E-state index contributed by atoms with van der Waals surface area (Å²) in [5.74, 6) is -0.955. The summed E-state index contributed by atoms with van der Waals surface area (Å²) in [4.78, 5) is 31.1. The van der Waals surface area contributed by atoms with E-state index in [1.165, 1.54) is 0 Å². The second kappa shape index (κ2) is 6.80. The number of halogens is 1. The molecule has 2 amide bonds. The zero-order valence-electron chi connectivity index (χ0n) is 11.7. The van der Waals surface area contributed by atoms with Crippen molar-refractivity contribution in [3.8, 4) is 0 Å². The minimum Gasteiger partial charge on any atom is -0.370 e. The smallest absolute Gasteiger partial charge is 0.262 e. The lowest BCUT2D eigenvalue weighted by Gasteiger charge is -2.09. The fraction of sp³-hybridized carbons (Fsp3) is 0.231. The van der Waals surface area contributed by atoms with Gasteiger partial charge < -0.3 is 16.8 Å². The number of amidine groups is 1. The first-order chi connectivity index (χ1) is 10.3. The minimum atomic E-state index is -0.637. The predicted octanol–water partition coefficient (Wildman–Crippen LogP) is 1.25. The Bertz CT molecular complexity index is 685. The van der Waals surface area contributed by atoms with Crippen molar-refractivity contribution in [2.24, 2.45) is 21.5 Å². The number of nitrogens with two attached hydrogens (primary N) is 2. The van der Waals surface area contributed by atoms with E-state index in [0.29, 0.717) is 10.7 Å². The maximum absolute atomic E-state index is 12.0. The van der Waals surface area contributed by atoms with Crippen molar-refractivity contribution in [1.82, 2.24) is 0 Å². The molecular formula is C13H14ClN5O2S. The molecule has 2 rings (SSSR count). The zero-order chi connectivity index (χ0) is 16.3. The molecule has 1 aromatic carbocycles. The number of amides is 2. The number of guanidine groups is 1. The molecule has 0 spiro atoms. The van der Waals surface area contributed by atoms with Gasteiger partial charge in [-0.1, -0.05) is 29.4 Å². The molecule has 0 fully saturated rings. The van der Waals surface area contributed by atoms with Gasteiger partial charge in [-0.25, -0.2) is 0 Å². The predicted molar refractivity (Wildman–Crippen MR) is 89.1 cm³/mol. The van der Waals surface area contributed by atoms with Gasteiger partial charge in [-0.15, -0.1) is 0 Å². The van der Waals surface area contributed by atoms with Crippen LogP contribution < -0.4 is 16.8 Å². The highest BCUT2D eigenvalue weighted by molar-refractivity contribution is 8.15. The first-order valence-electron chi connectivity index (χ1n) is 6.30. The number of thioether (sulfide) groups is 1. The summed E-state index contributed by atoms with van der Waals surface area (Å²) < 4.78 is 0. The van der Waals surface area contributed by atoms with Crippen LogP contribution in [0.15, 0.2) is 28.2 Å². The van der Waals surface area contributed by atoms with Crippen molar-refractivity contribution >= 4 is 52.0 Å². The number of nitrogens with one attached hydrogen (secondary N) is 1. The molecule has 22 heavy (non-hydrogen) atoms. The highest BCUT2D eigenvalue weighted by atomic mass is 35.5. The average molecular weight is 340 g/mol. The quantitative estimate of drug-likeness (QED) is 0.565. The summed E-state index contributed by atoms with van der Waals surface area (Å²) in [7, 11) is 0. The van der Waals surface area contributed by atoms with Crippen molar-refractivity contribution in [1.29, 1.82) is 0 Å². The molecule has 0 aliphatic carbocycles. The Labute approximate surface area is 136 Å². The van der Waals surface area contributed by atoms with E-state index in [1.807, 2.05) is 13.0 Å². The first-order valence-corrected chi connectivity index (χ1v) is 7.55. The molecule has 7 nitrogen and oxygen atoms in total. The van der Waals surface area contributed by atoms with Gasteiger partial charge in [0.25, 0.3) is 5.91 Å². The molecule has 1 aromatic rings. The third kappa shape index (κ3) is 4.22. The van der Waals surface area contributed by atoms with Crippen LogP contribution in [0.4, 0.5) is 5.69 Å². The van der Waals surface area contributed by atoms with Crippen LogP contribution in [0.5, 0.6) is 0 Å². The van der Waals surface area contributed by atoms with E-state index in [9.17, 15) is 9.59 Å². The second-order valence-electron chi connectivity index (χ2n) is 4.61. The maximum Gasteiger partial charge on any atom is 0.262 e. The van der Waals surface area contributed by atoms with Crippen LogP contribution >= 0.6 is 23.4 Å².